The van der Waals surface area contributed by atoms with Gasteiger partial charge in [-0.15, -0.1) is 0 Å². The Balaban J connectivity index is 3.21. The first-order valence-corrected chi connectivity index (χ1v) is 14.7. The number of unbranched alkanes of at least 4 members (excludes halogenated alkanes) is 18. The Kier molecular flexibility index (Phi) is 22.9. The first-order chi connectivity index (χ1) is 16.3. The maximum atomic E-state index is 11.7. The highest BCUT2D eigenvalue weighted by atomic mass is 16.6. The van der Waals surface area contributed by atoms with Crippen LogP contribution in [0.4, 0.5) is 0 Å². The Morgan fingerprint density at radius 2 is 0.853 bits per heavy atom. The average molecular weight is 483 g/mol. The van der Waals surface area contributed by atoms with Crippen LogP contribution in [0.5, 0.6) is 0 Å². The van der Waals surface area contributed by atoms with Crippen LogP contribution in [0.2, 0.25) is 0 Å². The van der Waals surface area contributed by atoms with Crippen LogP contribution in [0.15, 0.2) is 0 Å². The minimum absolute atomic E-state index is 0.00315. The fourth-order valence-corrected chi connectivity index (χ4v) is 4.19. The molecule has 0 fully saturated rings. The zero-order chi connectivity index (χ0) is 25.3. The molecule has 0 saturated heterocycles. The number of hydrogen-bond donors (Lipinski definition) is 0. The van der Waals surface area contributed by atoms with Crippen LogP contribution in [0.3, 0.4) is 0 Å². The van der Waals surface area contributed by atoms with Crippen molar-refractivity contribution < 1.29 is 19.1 Å². The van der Waals surface area contributed by atoms with E-state index < -0.39 is 0 Å². The van der Waals surface area contributed by atoms with Crippen molar-refractivity contribution in [1.29, 1.82) is 0 Å². The third-order valence-electron chi connectivity index (χ3n) is 6.19. The van der Waals surface area contributed by atoms with Gasteiger partial charge in [-0.3, -0.25) is 9.59 Å². The van der Waals surface area contributed by atoms with Gasteiger partial charge >= 0.3 is 11.9 Å². The summed E-state index contributed by atoms with van der Waals surface area (Å²) in [6.07, 6.45) is 25.8. The van der Waals surface area contributed by atoms with Crippen molar-refractivity contribution in [1.82, 2.24) is 0 Å². The van der Waals surface area contributed by atoms with E-state index in [2.05, 4.69) is 6.92 Å². The number of hydrogen-bond acceptors (Lipinski definition) is 4. The van der Waals surface area contributed by atoms with E-state index in [-0.39, 0.29) is 17.5 Å². The molecule has 0 aromatic heterocycles. The van der Waals surface area contributed by atoms with Gasteiger partial charge in [0.05, 0.1) is 6.61 Å². The van der Waals surface area contributed by atoms with Crippen LogP contribution in [0, 0.1) is 0 Å². The van der Waals surface area contributed by atoms with Crippen LogP contribution in [-0.2, 0) is 19.1 Å². The van der Waals surface area contributed by atoms with Crippen LogP contribution in [0.1, 0.15) is 169 Å². The third-order valence-corrected chi connectivity index (χ3v) is 6.19. The molecule has 0 N–H and O–H groups in total. The van der Waals surface area contributed by atoms with Crippen LogP contribution < -0.4 is 0 Å². The maximum Gasteiger partial charge on any atom is 0.306 e. The van der Waals surface area contributed by atoms with Gasteiger partial charge in [0.2, 0.25) is 0 Å². The molecule has 0 saturated carbocycles. The molecule has 4 heteroatoms. The minimum atomic E-state index is -0.362. The molecule has 0 aliphatic carbocycles. The highest BCUT2D eigenvalue weighted by Gasteiger charge is 2.15. The molecule has 0 spiro atoms. The number of ether oxygens (including phenoxy) is 2. The lowest BCUT2D eigenvalue weighted by Gasteiger charge is -2.19. The molecule has 0 aromatic carbocycles. The quantitative estimate of drug-likeness (QED) is 0.101. The molecular formula is C30H58O4. The van der Waals surface area contributed by atoms with Crippen molar-refractivity contribution >= 4 is 11.9 Å². The summed E-state index contributed by atoms with van der Waals surface area (Å²) in [6, 6.07) is 0. The summed E-state index contributed by atoms with van der Waals surface area (Å²) in [7, 11) is 0. The predicted molar refractivity (Wildman–Crippen MR) is 144 cm³/mol. The smallest absolute Gasteiger partial charge is 0.306 e. The number of esters is 2. The van der Waals surface area contributed by atoms with E-state index in [1.807, 2.05) is 20.8 Å². The van der Waals surface area contributed by atoms with Crippen molar-refractivity contribution in [2.75, 3.05) is 6.61 Å². The molecule has 0 aromatic rings. The van der Waals surface area contributed by atoms with Gasteiger partial charge in [-0.25, -0.2) is 0 Å². The largest absolute Gasteiger partial charge is 0.466 e. The van der Waals surface area contributed by atoms with Gasteiger partial charge in [0.1, 0.15) is 5.60 Å². The Hall–Kier alpha value is -1.06. The molecule has 34 heavy (non-hydrogen) atoms. The van der Waals surface area contributed by atoms with Crippen molar-refractivity contribution in [2.45, 2.75) is 175 Å². The lowest BCUT2D eigenvalue weighted by Crippen LogP contribution is -2.23. The van der Waals surface area contributed by atoms with Crippen LogP contribution in [-0.4, -0.2) is 24.1 Å². The Bertz CT molecular complexity index is 467. The molecule has 202 valence electrons. The fourth-order valence-electron chi connectivity index (χ4n) is 4.19. The van der Waals surface area contributed by atoms with Gasteiger partial charge in [0, 0.05) is 12.8 Å². The Morgan fingerprint density at radius 1 is 0.500 bits per heavy atom. The highest BCUT2D eigenvalue weighted by molar-refractivity contribution is 5.69. The van der Waals surface area contributed by atoms with Gasteiger partial charge < -0.3 is 9.47 Å². The molecule has 0 aliphatic heterocycles. The summed E-state index contributed by atoms with van der Waals surface area (Å²) in [5, 5.41) is 0. The second kappa shape index (κ2) is 23.7. The molecule has 0 radical (unpaired) electrons. The van der Waals surface area contributed by atoms with Crippen LogP contribution >= 0.6 is 0 Å². The van der Waals surface area contributed by atoms with Gasteiger partial charge in [-0.2, -0.15) is 0 Å². The molecule has 4 nitrogen and oxygen atoms in total. The average Bonchev–Trinajstić information content (AvgIpc) is 2.77. The van der Waals surface area contributed by atoms with Crippen LogP contribution in [0.25, 0.3) is 0 Å². The number of carbonyl (C=O) groups excluding carboxylic acids is 2. The highest BCUT2D eigenvalue weighted by Crippen LogP contribution is 2.15. The molecule has 0 heterocycles. The molecule has 0 amide bonds. The van der Waals surface area contributed by atoms with E-state index in [1.165, 1.54) is 96.3 Å². The molecule has 0 aliphatic rings. The summed E-state index contributed by atoms with van der Waals surface area (Å²) >= 11 is 0. The molecule has 0 rings (SSSR count). The van der Waals surface area contributed by atoms with Crippen molar-refractivity contribution in [3.8, 4) is 0 Å². The number of carbonyl (C=O) groups is 2. The summed E-state index contributed by atoms with van der Waals surface area (Å²) < 4.78 is 10.7. The van der Waals surface area contributed by atoms with Gasteiger partial charge in [-0.1, -0.05) is 116 Å². The van der Waals surface area contributed by atoms with Crippen molar-refractivity contribution in [3.05, 3.63) is 0 Å². The Morgan fingerprint density at radius 3 is 1.26 bits per heavy atom. The van der Waals surface area contributed by atoms with Crippen molar-refractivity contribution in [3.63, 3.8) is 0 Å². The van der Waals surface area contributed by atoms with E-state index in [0.29, 0.717) is 19.4 Å². The summed E-state index contributed by atoms with van der Waals surface area (Å²) in [5.41, 5.74) is -0.362. The first kappa shape index (κ1) is 32.9. The summed E-state index contributed by atoms with van der Waals surface area (Å²) in [4.78, 5) is 23.4. The lowest BCUT2D eigenvalue weighted by molar-refractivity contribution is -0.155. The molecule has 0 bridgehead atoms. The topological polar surface area (TPSA) is 52.6 Å². The standard InChI is InChI=1S/C30H58O4/c1-5-6-7-8-21-24-27-33-28(31)25-22-19-17-15-13-11-9-10-12-14-16-18-20-23-26-29(32)34-30(2,3)4/h5-27H2,1-4H3. The van der Waals surface area contributed by atoms with Crippen molar-refractivity contribution in [2.24, 2.45) is 0 Å². The normalized spacial score (nSPS) is 11.5. The maximum absolute atomic E-state index is 11.7. The zero-order valence-electron chi connectivity index (χ0n) is 23.4. The van der Waals surface area contributed by atoms with E-state index in [1.54, 1.807) is 0 Å². The zero-order valence-corrected chi connectivity index (χ0v) is 23.4. The molecular weight excluding hydrogens is 424 g/mol. The lowest BCUT2D eigenvalue weighted by atomic mass is 10.0. The second-order valence-corrected chi connectivity index (χ2v) is 11.0. The summed E-state index contributed by atoms with van der Waals surface area (Å²) in [5.74, 6) is -0.0644. The van der Waals surface area contributed by atoms with Gasteiger partial charge in [0.25, 0.3) is 0 Å². The first-order valence-electron chi connectivity index (χ1n) is 14.7. The fraction of sp³-hybridized carbons (Fsp3) is 0.933. The Labute approximate surface area is 212 Å². The third kappa shape index (κ3) is 27.2. The number of rotatable bonds is 24. The van der Waals surface area contributed by atoms with E-state index in [9.17, 15) is 9.59 Å². The van der Waals surface area contributed by atoms with E-state index in [0.717, 1.165) is 32.1 Å². The monoisotopic (exact) mass is 482 g/mol. The van der Waals surface area contributed by atoms with Gasteiger partial charge in [-0.05, 0) is 40.0 Å². The molecule has 0 atom stereocenters. The second-order valence-electron chi connectivity index (χ2n) is 11.0. The SMILES string of the molecule is CCCCCCCCOC(=O)CCCCCCCCCCCCCCCCC(=O)OC(C)(C)C. The predicted octanol–water partition coefficient (Wildman–Crippen LogP) is 9.47. The van der Waals surface area contributed by atoms with Gasteiger partial charge in [0.15, 0.2) is 0 Å². The van der Waals surface area contributed by atoms with E-state index >= 15 is 0 Å². The minimum Gasteiger partial charge on any atom is -0.466 e. The van der Waals surface area contributed by atoms with E-state index in [4.69, 9.17) is 9.47 Å². The molecule has 0 unspecified atom stereocenters. The summed E-state index contributed by atoms with van der Waals surface area (Å²) in [6.45, 7) is 8.60.